The minimum Gasteiger partial charge on any atom is -0.480 e. The zero-order valence-electron chi connectivity index (χ0n) is 13.5. The number of carbonyl (C=O) groups is 1. The lowest BCUT2D eigenvalue weighted by Crippen LogP contribution is -2.54. The average molecular weight is 292 g/mol. The Morgan fingerprint density at radius 1 is 1.14 bits per heavy atom. The smallest absolute Gasteiger partial charge is 0.329 e. The van der Waals surface area contributed by atoms with Gasteiger partial charge in [0.2, 0.25) is 0 Å². The Labute approximate surface area is 128 Å². The van der Waals surface area contributed by atoms with Gasteiger partial charge in [0, 0.05) is 19.6 Å². The summed E-state index contributed by atoms with van der Waals surface area (Å²) in [5.74, 6) is -0.0404. The van der Waals surface area contributed by atoms with E-state index in [9.17, 15) is 9.90 Å². The Hall–Kier alpha value is -1.39. The molecule has 0 bridgehead atoms. The van der Waals surface area contributed by atoms with E-state index in [-0.39, 0.29) is 0 Å². The van der Waals surface area contributed by atoms with Crippen LogP contribution >= 0.6 is 0 Å². The zero-order chi connectivity index (χ0) is 16.0. The highest BCUT2D eigenvalue weighted by molar-refractivity contribution is 5.80. The van der Waals surface area contributed by atoms with E-state index in [0.717, 1.165) is 13.1 Å². The third kappa shape index (κ3) is 5.14. The zero-order valence-corrected chi connectivity index (χ0v) is 13.5. The van der Waals surface area contributed by atoms with Gasteiger partial charge < -0.3 is 15.7 Å². The molecule has 0 aliphatic heterocycles. The van der Waals surface area contributed by atoms with Crippen molar-refractivity contribution in [3.63, 3.8) is 0 Å². The number of rotatable bonds is 8. The van der Waals surface area contributed by atoms with Crippen LogP contribution in [0.5, 0.6) is 0 Å². The Bertz CT molecular complexity index is 435. The second-order valence-electron chi connectivity index (χ2n) is 6.62. The molecule has 4 heteroatoms. The molecule has 1 aromatic rings. The first-order valence-corrected chi connectivity index (χ1v) is 7.56. The van der Waals surface area contributed by atoms with E-state index in [4.69, 9.17) is 5.73 Å². The number of hydrogen-bond acceptors (Lipinski definition) is 3. The molecule has 0 spiro atoms. The van der Waals surface area contributed by atoms with Gasteiger partial charge in [0.15, 0.2) is 5.54 Å². The van der Waals surface area contributed by atoms with Gasteiger partial charge in [-0.2, -0.15) is 0 Å². The lowest BCUT2D eigenvalue weighted by Gasteiger charge is -2.34. The fourth-order valence-electron chi connectivity index (χ4n) is 2.61. The standard InChI is InChI=1S/C17H28N2O2/c1-13(2)10-19(11-14(3)4)12-17(18,16(20)21)15-8-6-5-7-9-15/h5-9,13-14H,10-12,18H2,1-4H3,(H,20,21). The van der Waals surface area contributed by atoms with Crippen molar-refractivity contribution in [3.8, 4) is 0 Å². The molecule has 118 valence electrons. The van der Waals surface area contributed by atoms with E-state index in [1.165, 1.54) is 0 Å². The normalized spacial score (nSPS) is 14.7. The maximum atomic E-state index is 11.8. The van der Waals surface area contributed by atoms with Crippen LogP contribution in [0, 0.1) is 11.8 Å². The van der Waals surface area contributed by atoms with Gasteiger partial charge in [-0.15, -0.1) is 0 Å². The number of nitrogens with two attached hydrogens (primary N) is 1. The molecule has 0 fully saturated rings. The maximum absolute atomic E-state index is 11.8. The van der Waals surface area contributed by atoms with E-state index >= 15 is 0 Å². The largest absolute Gasteiger partial charge is 0.480 e. The number of benzene rings is 1. The van der Waals surface area contributed by atoms with Gasteiger partial charge in [0.1, 0.15) is 0 Å². The summed E-state index contributed by atoms with van der Waals surface area (Å²) >= 11 is 0. The van der Waals surface area contributed by atoms with Crippen molar-refractivity contribution in [2.24, 2.45) is 17.6 Å². The summed E-state index contributed by atoms with van der Waals surface area (Å²) in [6.07, 6.45) is 0. The second kappa shape index (κ2) is 7.57. The van der Waals surface area contributed by atoms with Gasteiger partial charge in [-0.25, -0.2) is 4.79 Å². The molecule has 21 heavy (non-hydrogen) atoms. The molecule has 0 heterocycles. The minimum atomic E-state index is -1.37. The summed E-state index contributed by atoms with van der Waals surface area (Å²) in [6, 6.07) is 9.10. The van der Waals surface area contributed by atoms with Gasteiger partial charge in [-0.3, -0.25) is 0 Å². The van der Waals surface area contributed by atoms with E-state index < -0.39 is 11.5 Å². The van der Waals surface area contributed by atoms with E-state index in [1.54, 1.807) is 12.1 Å². The van der Waals surface area contributed by atoms with Crippen LogP contribution in [0.1, 0.15) is 33.3 Å². The number of aliphatic carboxylic acids is 1. The van der Waals surface area contributed by atoms with Crippen molar-refractivity contribution in [2.45, 2.75) is 33.2 Å². The summed E-state index contributed by atoms with van der Waals surface area (Å²) < 4.78 is 0. The van der Waals surface area contributed by atoms with Crippen LogP contribution in [0.15, 0.2) is 30.3 Å². The Kier molecular flexibility index (Phi) is 6.37. The van der Waals surface area contributed by atoms with Gasteiger partial charge in [0.05, 0.1) is 0 Å². The van der Waals surface area contributed by atoms with Crippen LogP contribution in [0.4, 0.5) is 0 Å². The van der Waals surface area contributed by atoms with Crippen molar-refractivity contribution in [1.82, 2.24) is 4.90 Å². The fourth-order valence-corrected chi connectivity index (χ4v) is 2.61. The first-order chi connectivity index (χ1) is 9.75. The van der Waals surface area contributed by atoms with Crippen LogP contribution in [0.2, 0.25) is 0 Å². The minimum absolute atomic E-state index is 0.322. The number of carboxylic acid groups (broad SMARTS) is 1. The molecule has 0 radical (unpaired) electrons. The van der Waals surface area contributed by atoms with Crippen molar-refractivity contribution >= 4 is 5.97 Å². The molecule has 0 saturated heterocycles. The first-order valence-electron chi connectivity index (χ1n) is 7.56. The molecule has 4 nitrogen and oxygen atoms in total. The van der Waals surface area contributed by atoms with Crippen LogP contribution in [0.25, 0.3) is 0 Å². The molecule has 3 N–H and O–H groups in total. The molecule has 0 aliphatic rings. The van der Waals surface area contributed by atoms with E-state index in [0.29, 0.717) is 23.9 Å². The summed E-state index contributed by atoms with van der Waals surface area (Å²) in [5.41, 5.74) is 5.55. The molecule has 0 amide bonds. The average Bonchev–Trinajstić information content (AvgIpc) is 2.37. The Morgan fingerprint density at radius 2 is 1.62 bits per heavy atom. The van der Waals surface area contributed by atoms with Gasteiger partial charge in [-0.1, -0.05) is 58.0 Å². The van der Waals surface area contributed by atoms with Crippen LogP contribution in [0.3, 0.4) is 0 Å². The van der Waals surface area contributed by atoms with Gasteiger partial charge in [-0.05, 0) is 17.4 Å². The lowest BCUT2D eigenvalue weighted by molar-refractivity contribution is -0.144. The highest BCUT2D eigenvalue weighted by Crippen LogP contribution is 2.21. The molecule has 1 atom stereocenters. The third-order valence-electron chi connectivity index (χ3n) is 3.39. The fraction of sp³-hybridized carbons (Fsp3) is 0.588. The Morgan fingerprint density at radius 3 is 2.00 bits per heavy atom. The predicted octanol–water partition coefficient (Wildman–Crippen LogP) is 2.54. The van der Waals surface area contributed by atoms with Crippen molar-refractivity contribution < 1.29 is 9.90 Å². The lowest BCUT2D eigenvalue weighted by atomic mass is 9.90. The molecule has 1 unspecified atom stereocenters. The van der Waals surface area contributed by atoms with Crippen molar-refractivity contribution in [3.05, 3.63) is 35.9 Å². The summed E-state index contributed by atoms with van der Waals surface area (Å²) in [4.78, 5) is 13.9. The predicted molar refractivity (Wildman–Crippen MR) is 86.1 cm³/mol. The van der Waals surface area contributed by atoms with Crippen molar-refractivity contribution in [1.29, 1.82) is 0 Å². The SMILES string of the molecule is CC(C)CN(CC(C)C)CC(N)(C(=O)O)c1ccccc1. The number of nitrogens with zero attached hydrogens (tertiary/aromatic N) is 1. The molecular formula is C17H28N2O2. The monoisotopic (exact) mass is 292 g/mol. The van der Waals surface area contributed by atoms with Crippen molar-refractivity contribution in [2.75, 3.05) is 19.6 Å². The summed E-state index contributed by atoms with van der Waals surface area (Å²) in [6.45, 7) is 10.5. The van der Waals surface area contributed by atoms with E-state index in [1.807, 2.05) is 18.2 Å². The summed E-state index contributed by atoms with van der Waals surface area (Å²) in [5, 5.41) is 9.65. The highest BCUT2D eigenvalue weighted by atomic mass is 16.4. The number of carboxylic acids is 1. The quantitative estimate of drug-likeness (QED) is 0.772. The van der Waals surface area contributed by atoms with E-state index in [2.05, 4.69) is 32.6 Å². The molecular weight excluding hydrogens is 264 g/mol. The first kappa shape index (κ1) is 17.7. The Balaban J connectivity index is 3.01. The molecule has 0 saturated carbocycles. The third-order valence-corrected chi connectivity index (χ3v) is 3.39. The summed E-state index contributed by atoms with van der Waals surface area (Å²) in [7, 11) is 0. The topological polar surface area (TPSA) is 66.6 Å². The maximum Gasteiger partial charge on any atom is 0.329 e. The van der Waals surface area contributed by atoms with Gasteiger partial charge in [0.25, 0.3) is 0 Å². The van der Waals surface area contributed by atoms with Crippen LogP contribution in [-0.4, -0.2) is 35.6 Å². The van der Waals surface area contributed by atoms with Crippen LogP contribution < -0.4 is 5.73 Å². The molecule has 1 aromatic carbocycles. The molecule has 1 rings (SSSR count). The van der Waals surface area contributed by atoms with Crippen LogP contribution in [-0.2, 0) is 10.3 Å². The highest BCUT2D eigenvalue weighted by Gasteiger charge is 2.38. The molecule has 0 aromatic heterocycles. The molecule has 0 aliphatic carbocycles. The van der Waals surface area contributed by atoms with Gasteiger partial charge >= 0.3 is 5.97 Å². The number of hydrogen-bond donors (Lipinski definition) is 2. The second-order valence-corrected chi connectivity index (χ2v) is 6.62.